The van der Waals surface area contributed by atoms with Crippen LogP contribution in [0.4, 0.5) is 4.79 Å². The molecule has 1 fully saturated rings. The number of rotatable bonds is 4. The maximum absolute atomic E-state index is 12.3. The third kappa shape index (κ3) is 4.55. The first-order chi connectivity index (χ1) is 13.3. The number of carbonyl (C=O) groups excluding carboxylic acids is 1. The van der Waals surface area contributed by atoms with Crippen molar-refractivity contribution in [2.75, 3.05) is 19.7 Å². The van der Waals surface area contributed by atoms with E-state index in [1.807, 2.05) is 64.2 Å². The van der Waals surface area contributed by atoms with Crippen LogP contribution in [0.25, 0.3) is 0 Å². The predicted octanol–water partition coefficient (Wildman–Crippen LogP) is 3.89. The van der Waals surface area contributed by atoms with Crippen LogP contribution in [0.5, 0.6) is 0 Å². The Bertz CT molecular complexity index is 787. The fraction of sp³-hybridized carbons (Fsp3) is 0.545. The molecule has 2 aromatic rings. The standard InChI is InChI=1S/C22H31N3O3/c1-16-14-23-20(25(16)19(15-26)17-8-6-5-7-9-17)18-10-12-24(13-11-18)21(27)28-22(2,3)4/h5-9,14,18-19,26H,10-13,15H2,1-4H3. The average Bonchev–Trinajstić information content (AvgIpc) is 3.04. The first kappa shape index (κ1) is 20.4. The molecule has 1 atom stereocenters. The van der Waals surface area contributed by atoms with Gasteiger partial charge in [-0.1, -0.05) is 30.3 Å². The van der Waals surface area contributed by atoms with Crippen molar-refractivity contribution in [3.05, 3.63) is 53.6 Å². The normalized spacial score (nSPS) is 16.8. The van der Waals surface area contributed by atoms with E-state index in [9.17, 15) is 9.90 Å². The molecule has 152 valence electrons. The van der Waals surface area contributed by atoms with Crippen molar-refractivity contribution >= 4 is 6.09 Å². The van der Waals surface area contributed by atoms with Gasteiger partial charge in [0.25, 0.3) is 0 Å². The maximum atomic E-state index is 12.3. The number of carbonyl (C=O) groups is 1. The van der Waals surface area contributed by atoms with Crippen LogP contribution in [0.3, 0.4) is 0 Å². The molecule has 1 saturated heterocycles. The number of amides is 1. The lowest BCUT2D eigenvalue weighted by atomic mass is 9.95. The highest BCUT2D eigenvalue weighted by atomic mass is 16.6. The molecule has 1 aromatic heterocycles. The van der Waals surface area contributed by atoms with Gasteiger partial charge in [-0.25, -0.2) is 9.78 Å². The molecule has 2 heterocycles. The SMILES string of the molecule is Cc1cnc(C2CCN(C(=O)OC(C)(C)C)CC2)n1C(CO)c1ccccc1. The van der Waals surface area contributed by atoms with Crippen LogP contribution in [0.2, 0.25) is 0 Å². The number of imidazole rings is 1. The van der Waals surface area contributed by atoms with Gasteiger partial charge in [0.2, 0.25) is 0 Å². The zero-order chi connectivity index (χ0) is 20.3. The third-order valence-electron chi connectivity index (χ3n) is 5.19. The summed E-state index contributed by atoms with van der Waals surface area (Å²) >= 11 is 0. The van der Waals surface area contributed by atoms with E-state index in [2.05, 4.69) is 9.55 Å². The van der Waals surface area contributed by atoms with Crippen LogP contribution in [0, 0.1) is 6.92 Å². The van der Waals surface area contributed by atoms with Crippen LogP contribution in [-0.4, -0.2) is 50.9 Å². The number of hydrogen-bond acceptors (Lipinski definition) is 4. The molecule has 1 unspecified atom stereocenters. The lowest BCUT2D eigenvalue weighted by Crippen LogP contribution is -2.41. The molecule has 0 spiro atoms. The molecule has 1 amide bonds. The first-order valence-corrected chi connectivity index (χ1v) is 9.97. The minimum atomic E-state index is -0.481. The molecule has 0 saturated carbocycles. The first-order valence-electron chi connectivity index (χ1n) is 9.97. The third-order valence-corrected chi connectivity index (χ3v) is 5.19. The number of ether oxygens (including phenoxy) is 1. The van der Waals surface area contributed by atoms with E-state index in [-0.39, 0.29) is 24.7 Å². The van der Waals surface area contributed by atoms with Crippen LogP contribution >= 0.6 is 0 Å². The maximum Gasteiger partial charge on any atom is 0.410 e. The molecule has 28 heavy (non-hydrogen) atoms. The molecule has 1 aliphatic heterocycles. The highest BCUT2D eigenvalue weighted by molar-refractivity contribution is 5.68. The molecule has 1 N–H and O–H groups in total. The summed E-state index contributed by atoms with van der Waals surface area (Å²) in [5.74, 6) is 1.24. The van der Waals surface area contributed by atoms with Gasteiger partial charge in [0.15, 0.2) is 0 Å². The zero-order valence-corrected chi connectivity index (χ0v) is 17.3. The number of aliphatic hydroxyl groups excluding tert-OH is 1. The van der Waals surface area contributed by atoms with Crippen molar-refractivity contribution in [2.45, 2.75) is 58.1 Å². The van der Waals surface area contributed by atoms with Gasteiger partial charge in [0.05, 0.1) is 12.6 Å². The minimum Gasteiger partial charge on any atom is -0.444 e. The number of likely N-dealkylation sites (tertiary alicyclic amines) is 1. The topological polar surface area (TPSA) is 67.6 Å². The van der Waals surface area contributed by atoms with Gasteiger partial charge in [-0.2, -0.15) is 0 Å². The number of aromatic nitrogens is 2. The monoisotopic (exact) mass is 385 g/mol. The summed E-state index contributed by atoms with van der Waals surface area (Å²) in [6, 6.07) is 9.88. The molecule has 1 aliphatic rings. The molecule has 0 aliphatic carbocycles. The number of piperidine rings is 1. The van der Waals surface area contributed by atoms with E-state index in [1.165, 1.54) is 0 Å². The Morgan fingerprint density at radius 3 is 2.46 bits per heavy atom. The van der Waals surface area contributed by atoms with E-state index in [0.29, 0.717) is 13.1 Å². The Hall–Kier alpha value is -2.34. The predicted molar refractivity (Wildman–Crippen MR) is 108 cm³/mol. The number of benzene rings is 1. The molecule has 0 bridgehead atoms. The van der Waals surface area contributed by atoms with Crippen LogP contribution in [-0.2, 0) is 4.74 Å². The van der Waals surface area contributed by atoms with Crippen molar-refractivity contribution in [2.24, 2.45) is 0 Å². The van der Waals surface area contributed by atoms with E-state index in [4.69, 9.17) is 4.74 Å². The summed E-state index contributed by atoms with van der Waals surface area (Å²) in [5.41, 5.74) is 1.62. The van der Waals surface area contributed by atoms with E-state index in [0.717, 1.165) is 29.9 Å². The number of aryl methyl sites for hydroxylation is 1. The van der Waals surface area contributed by atoms with E-state index in [1.54, 1.807) is 4.90 Å². The quantitative estimate of drug-likeness (QED) is 0.867. The van der Waals surface area contributed by atoms with Gasteiger partial charge >= 0.3 is 6.09 Å². The molecule has 3 rings (SSSR count). The van der Waals surface area contributed by atoms with E-state index >= 15 is 0 Å². The summed E-state index contributed by atoms with van der Waals surface area (Å²) in [5, 5.41) is 10.1. The minimum absolute atomic E-state index is 0.0188. The van der Waals surface area contributed by atoms with Gasteiger partial charge in [-0.3, -0.25) is 0 Å². The highest BCUT2D eigenvalue weighted by Crippen LogP contribution is 2.32. The van der Waals surface area contributed by atoms with Crippen molar-refractivity contribution in [3.8, 4) is 0 Å². The van der Waals surface area contributed by atoms with Crippen LogP contribution < -0.4 is 0 Å². The van der Waals surface area contributed by atoms with Gasteiger partial charge in [-0.05, 0) is 46.1 Å². The Kier molecular flexibility index (Phi) is 6.08. The number of aliphatic hydroxyl groups is 1. The zero-order valence-electron chi connectivity index (χ0n) is 17.3. The molecule has 6 heteroatoms. The summed E-state index contributed by atoms with van der Waals surface area (Å²) in [6.07, 6.45) is 3.30. The lowest BCUT2D eigenvalue weighted by molar-refractivity contribution is 0.0202. The van der Waals surface area contributed by atoms with Crippen molar-refractivity contribution in [1.82, 2.24) is 14.5 Å². The number of hydrogen-bond donors (Lipinski definition) is 1. The summed E-state index contributed by atoms with van der Waals surface area (Å²) in [4.78, 5) is 18.8. The fourth-order valence-electron chi connectivity index (χ4n) is 3.83. The molecule has 6 nitrogen and oxygen atoms in total. The van der Waals surface area contributed by atoms with Crippen molar-refractivity contribution < 1.29 is 14.6 Å². The fourth-order valence-corrected chi connectivity index (χ4v) is 3.83. The smallest absolute Gasteiger partial charge is 0.410 e. The highest BCUT2D eigenvalue weighted by Gasteiger charge is 2.31. The molecular weight excluding hydrogens is 354 g/mol. The summed E-state index contributed by atoms with van der Waals surface area (Å²) in [6.45, 7) is 9.01. The molecule has 0 radical (unpaired) electrons. The van der Waals surface area contributed by atoms with Crippen molar-refractivity contribution in [3.63, 3.8) is 0 Å². The lowest BCUT2D eigenvalue weighted by Gasteiger charge is -2.34. The largest absolute Gasteiger partial charge is 0.444 e. The second kappa shape index (κ2) is 8.35. The second-order valence-corrected chi connectivity index (χ2v) is 8.48. The van der Waals surface area contributed by atoms with E-state index < -0.39 is 5.60 Å². The number of nitrogens with zero attached hydrogens (tertiary/aromatic N) is 3. The molecule has 1 aromatic carbocycles. The van der Waals surface area contributed by atoms with Gasteiger partial charge in [0, 0.05) is 30.9 Å². The Morgan fingerprint density at radius 2 is 1.89 bits per heavy atom. The van der Waals surface area contributed by atoms with Gasteiger partial charge < -0.3 is 19.3 Å². The Balaban J connectivity index is 1.75. The Morgan fingerprint density at radius 1 is 1.25 bits per heavy atom. The van der Waals surface area contributed by atoms with Crippen LogP contribution in [0.1, 0.15) is 62.7 Å². The Labute approximate surface area is 167 Å². The molecular formula is C22H31N3O3. The average molecular weight is 386 g/mol. The second-order valence-electron chi connectivity index (χ2n) is 8.48. The summed E-state index contributed by atoms with van der Waals surface area (Å²) < 4.78 is 7.65. The van der Waals surface area contributed by atoms with Gasteiger partial charge in [-0.15, -0.1) is 0 Å². The van der Waals surface area contributed by atoms with Gasteiger partial charge in [0.1, 0.15) is 11.4 Å². The van der Waals surface area contributed by atoms with Crippen molar-refractivity contribution in [1.29, 1.82) is 0 Å². The summed E-state index contributed by atoms with van der Waals surface area (Å²) in [7, 11) is 0. The van der Waals surface area contributed by atoms with Crippen LogP contribution in [0.15, 0.2) is 36.5 Å².